The van der Waals surface area contributed by atoms with Gasteiger partial charge in [0, 0.05) is 86.3 Å². The molecule has 2 aromatic heterocycles. The van der Waals surface area contributed by atoms with Gasteiger partial charge in [-0.3, -0.25) is 9.59 Å². The van der Waals surface area contributed by atoms with Crippen molar-refractivity contribution in [1.82, 2.24) is 19.9 Å². The van der Waals surface area contributed by atoms with E-state index in [1.807, 2.05) is 103 Å². The minimum atomic E-state index is -0.358. The molecule has 0 saturated heterocycles. The van der Waals surface area contributed by atoms with Crippen molar-refractivity contribution in [3.8, 4) is 16.9 Å². The molecule has 0 aliphatic carbocycles. The number of hydrogen-bond acceptors (Lipinski definition) is 15. The van der Waals surface area contributed by atoms with Gasteiger partial charge in [0.15, 0.2) is 0 Å². The Morgan fingerprint density at radius 1 is 0.512 bits per heavy atom. The normalized spacial score (nSPS) is 11.1. The summed E-state index contributed by atoms with van der Waals surface area (Å²) in [6.07, 6.45) is 0. The van der Waals surface area contributed by atoms with Gasteiger partial charge in [0.1, 0.15) is 30.6 Å². The Kier molecular flexibility index (Phi) is 18.5. The van der Waals surface area contributed by atoms with E-state index in [4.69, 9.17) is 34.1 Å². The molecular weight excluding hydrogens is 1110 g/mol. The van der Waals surface area contributed by atoms with Crippen molar-refractivity contribution in [2.75, 3.05) is 28.0 Å². The number of aromatic nitrogens is 4. The summed E-state index contributed by atoms with van der Waals surface area (Å²) in [7, 11) is 1.67. The minimum Gasteiger partial charge on any atom is -0.497 e. The van der Waals surface area contributed by atoms with Gasteiger partial charge in [-0.15, -0.1) is 0 Å². The van der Waals surface area contributed by atoms with Crippen LogP contribution in [0.15, 0.2) is 232 Å². The quantitative estimate of drug-likeness (QED) is 0.0520. The van der Waals surface area contributed by atoms with Crippen LogP contribution in [0.3, 0.4) is 0 Å². The van der Waals surface area contributed by atoms with Crippen molar-refractivity contribution < 1.29 is 23.8 Å². The van der Waals surface area contributed by atoms with E-state index < -0.39 is 0 Å². The molecule has 11 rings (SSSR count). The highest BCUT2D eigenvalue weighted by Crippen LogP contribution is 2.40. The van der Waals surface area contributed by atoms with Gasteiger partial charge in [-0.2, -0.15) is 9.97 Å². The van der Waals surface area contributed by atoms with Crippen molar-refractivity contribution >= 4 is 92.2 Å². The second kappa shape index (κ2) is 27.3. The van der Waals surface area contributed by atoms with E-state index in [0.717, 1.165) is 109 Å². The first kappa shape index (κ1) is 58.1. The van der Waals surface area contributed by atoms with Crippen molar-refractivity contribution in [1.29, 1.82) is 0 Å². The molecule has 9 aromatic carbocycles. The first-order valence-corrected chi connectivity index (χ1v) is 30.0. The Morgan fingerprint density at radius 2 is 1.05 bits per heavy atom. The van der Waals surface area contributed by atoms with Crippen LogP contribution in [0.25, 0.3) is 32.9 Å². The van der Waals surface area contributed by atoms with E-state index in [-0.39, 0.29) is 31.1 Å². The van der Waals surface area contributed by atoms with Crippen LogP contribution < -0.4 is 25.6 Å². The number of esters is 2. The maximum absolute atomic E-state index is 12.3. The summed E-state index contributed by atoms with van der Waals surface area (Å²) in [5.74, 6) is 2.73. The zero-order chi connectivity index (χ0) is 59.4. The van der Waals surface area contributed by atoms with Crippen LogP contribution in [-0.2, 0) is 51.9 Å². The molecule has 0 aliphatic heterocycles. The molecule has 0 saturated carbocycles. The average molecular weight is 1170 g/mol. The van der Waals surface area contributed by atoms with Crippen molar-refractivity contribution in [2.24, 2.45) is 0 Å². The van der Waals surface area contributed by atoms with Gasteiger partial charge in [0.05, 0.1) is 18.1 Å². The molecule has 0 radical (unpaired) electrons. The Labute approximate surface area is 509 Å². The number of rotatable bonds is 23. The molecule has 430 valence electrons. The molecule has 11 aromatic rings. The number of carbonyl (C=O) groups is 2. The first-order valence-electron chi connectivity index (χ1n) is 28.4. The van der Waals surface area contributed by atoms with E-state index in [2.05, 4.69) is 144 Å². The summed E-state index contributed by atoms with van der Waals surface area (Å²) < 4.78 is 16.6. The van der Waals surface area contributed by atoms with Crippen LogP contribution >= 0.6 is 23.5 Å². The van der Waals surface area contributed by atoms with Gasteiger partial charge in [-0.05, 0) is 118 Å². The number of ether oxygens (including phenoxy) is 3. The molecule has 0 bridgehead atoms. The predicted octanol–water partition coefficient (Wildman–Crippen LogP) is 17.1. The zero-order valence-electron chi connectivity index (χ0n) is 48.4. The highest BCUT2D eigenvalue weighted by atomic mass is 32.2. The second-order valence-electron chi connectivity index (χ2n) is 20.8. The SMILES string of the molecule is COc1ccc(N(Cc2ccccc2)c2nc(NCc3ccccc3Sc3cc(-c4ccc5nc(NCc6ccccc6Sc6ccccc6COC(C)=O)nc(Nc6ccccc6C(C)C)c5c4)ccc3COC(C)=O)nc3ccccc23)cc1. The number of carbonyl (C=O) groups excluding carboxylic acids is 2. The summed E-state index contributed by atoms with van der Waals surface area (Å²) >= 11 is 3.25. The predicted molar refractivity (Wildman–Crippen MR) is 347 cm³/mol. The molecule has 13 nitrogen and oxygen atoms in total. The summed E-state index contributed by atoms with van der Waals surface area (Å²) in [4.78, 5) is 50.8. The average Bonchev–Trinajstić information content (AvgIpc) is 2.60. The fourth-order valence-electron chi connectivity index (χ4n) is 10.00. The second-order valence-corrected chi connectivity index (χ2v) is 22.9. The number of anilines is 6. The van der Waals surface area contributed by atoms with Gasteiger partial charge < -0.3 is 35.1 Å². The molecule has 3 N–H and O–H groups in total. The van der Waals surface area contributed by atoms with E-state index in [0.29, 0.717) is 37.3 Å². The summed E-state index contributed by atoms with van der Waals surface area (Å²) in [5.41, 5.74) is 11.6. The third-order valence-electron chi connectivity index (χ3n) is 14.4. The van der Waals surface area contributed by atoms with Crippen LogP contribution in [-0.4, -0.2) is 39.0 Å². The van der Waals surface area contributed by atoms with Gasteiger partial charge in [0.2, 0.25) is 11.9 Å². The zero-order valence-corrected chi connectivity index (χ0v) is 50.0. The Hall–Kier alpha value is -9.70. The molecule has 0 amide bonds. The summed E-state index contributed by atoms with van der Waals surface area (Å²) in [5, 5.41) is 12.6. The number of hydrogen-bond donors (Lipinski definition) is 3. The van der Waals surface area contributed by atoms with Crippen molar-refractivity contribution in [2.45, 2.75) is 86.0 Å². The van der Waals surface area contributed by atoms with Crippen LogP contribution in [0.2, 0.25) is 0 Å². The molecule has 0 atom stereocenters. The lowest BCUT2D eigenvalue weighted by molar-refractivity contribution is -0.143. The molecular formula is C71H64N8O5S2. The van der Waals surface area contributed by atoms with Gasteiger partial charge in [-0.25, -0.2) is 9.97 Å². The highest BCUT2D eigenvalue weighted by Gasteiger charge is 2.20. The topological polar surface area (TPSA) is 153 Å². The van der Waals surface area contributed by atoms with E-state index in [1.54, 1.807) is 30.6 Å². The van der Waals surface area contributed by atoms with Gasteiger partial charge in [-0.1, -0.05) is 171 Å². The molecule has 0 fully saturated rings. The number of methoxy groups -OCH3 is 1. The monoisotopic (exact) mass is 1170 g/mol. The first-order chi connectivity index (χ1) is 42.0. The fraction of sp³-hybridized carbons (Fsp3) is 0.155. The van der Waals surface area contributed by atoms with Crippen LogP contribution in [0.1, 0.15) is 67.0 Å². The third kappa shape index (κ3) is 14.3. The number of para-hydroxylation sites is 2. The third-order valence-corrected chi connectivity index (χ3v) is 16.9. The largest absolute Gasteiger partial charge is 0.497 e. The summed E-state index contributed by atoms with van der Waals surface area (Å²) in [6.45, 7) is 8.99. The fourth-order valence-corrected chi connectivity index (χ4v) is 12.2. The number of nitrogens with zero attached hydrogens (tertiary/aromatic N) is 5. The molecule has 2 heterocycles. The lowest BCUT2D eigenvalue weighted by Crippen LogP contribution is -2.19. The Balaban J connectivity index is 0.898. The smallest absolute Gasteiger partial charge is 0.302 e. The standard InChI is InChI=1S/C71H64N8O5S2/c1-46(2)58-24-12-14-26-61(58)74-68-60-39-50(33-38-63(60)76-70(77-68)72-41-52-21-9-16-28-64(52)85-66-30-18-11-23-54(66)44-83-47(3)80)51-31-32-55(45-84-48(4)81)67(40-51)86-65-29-17-10-22-53(65)42-73-71-75-62-27-15-13-25-59(62)69(78-71)79(43-49-19-7-6-8-20-49)56-34-36-57(82-5)37-35-56/h6-40,46H,41-45H2,1-5H3,(H,73,75,78)(H2,72,74,76,77). The number of fused-ring (bicyclic) bond motifs is 2. The molecule has 0 aliphatic rings. The molecule has 0 spiro atoms. The Bertz CT molecular complexity index is 4210. The number of nitrogens with one attached hydrogen (secondary N) is 3. The molecule has 15 heteroatoms. The molecule has 86 heavy (non-hydrogen) atoms. The van der Waals surface area contributed by atoms with Gasteiger partial charge >= 0.3 is 11.9 Å². The van der Waals surface area contributed by atoms with Crippen molar-refractivity contribution in [3.05, 3.63) is 246 Å². The van der Waals surface area contributed by atoms with Crippen LogP contribution in [0.5, 0.6) is 5.75 Å². The summed E-state index contributed by atoms with van der Waals surface area (Å²) in [6, 6.07) is 71.9. The van der Waals surface area contributed by atoms with E-state index in [1.165, 1.54) is 13.8 Å². The number of benzene rings is 9. The van der Waals surface area contributed by atoms with Gasteiger partial charge in [0.25, 0.3) is 0 Å². The minimum absolute atomic E-state index is 0.108. The van der Waals surface area contributed by atoms with Crippen LogP contribution in [0.4, 0.5) is 34.9 Å². The van der Waals surface area contributed by atoms with Crippen molar-refractivity contribution in [3.63, 3.8) is 0 Å². The Morgan fingerprint density at radius 3 is 1.71 bits per heavy atom. The maximum Gasteiger partial charge on any atom is 0.302 e. The van der Waals surface area contributed by atoms with E-state index >= 15 is 0 Å². The lowest BCUT2D eigenvalue weighted by atomic mass is 10.0. The van der Waals surface area contributed by atoms with E-state index in [9.17, 15) is 9.59 Å². The van der Waals surface area contributed by atoms with Crippen LogP contribution in [0, 0.1) is 0 Å². The highest BCUT2D eigenvalue weighted by molar-refractivity contribution is 7.99. The maximum atomic E-state index is 12.3. The lowest BCUT2D eigenvalue weighted by Gasteiger charge is -2.26. The molecule has 0 unspecified atom stereocenters.